The number of hydrogen-bond donors (Lipinski definition) is 1. The van der Waals surface area contributed by atoms with Crippen LogP contribution in [-0.4, -0.2) is 34.5 Å². The molecule has 7 nitrogen and oxygen atoms in total. The Morgan fingerprint density at radius 3 is 2.34 bits per heavy atom. The lowest BCUT2D eigenvalue weighted by Crippen LogP contribution is -2.26. The van der Waals surface area contributed by atoms with E-state index in [0.29, 0.717) is 11.4 Å². The molecule has 0 saturated heterocycles. The first-order valence-electron chi connectivity index (χ1n) is 9.48. The molecule has 0 radical (unpaired) electrons. The van der Waals surface area contributed by atoms with Crippen LogP contribution in [0.1, 0.15) is 26.3 Å². The van der Waals surface area contributed by atoms with Crippen molar-refractivity contribution in [1.82, 2.24) is 0 Å². The summed E-state index contributed by atoms with van der Waals surface area (Å²) in [4.78, 5) is 24.5. The molecule has 0 fully saturated rings. The lowest BCUT2D eigenvalue weighted by atomic mass is 10.1. The maximum absolute atomic E-state index is 13.1. The zero-order valence-electron chi connectivity index (χ0n) is 17.6. The molecule has 0 bridgehead atoms. The summed E-state index contributed by atoms with van der Waals surface area (Å²) < 4.78 is 32.0. The fraction of sp³-hybridized carbons (Fsp3) is 0.130. The predicted octanol–water partition coefficient (Wildman–Crippen LogP) is 4.51. The van der Waals surface area contributed by atoms with Gasteiger partial charge in [0.2, 0.25) is 0 Å². The second-order valence-electron chi connectivity index (χ2n) is 6.98. The topological polar surface area (TPSA) is 92.8 Å². The lowest BCUT2D eigenvalue weighted by molar-refractivity contribution is 0.0600. The second kappa shape index (κ2) is 9.42. The minimum Gasteiger partial charge on any atom is -0.465 e. The van der Waals surface area contributed by atoms with Crippen molar-refractivity contribution in [2.24, 2.45) is 0 Å². The Balaban J connectivity index is 1.86. The van der Waals surface area contributed by atoms with E-state index in [9.17, 15) is 18.0 Å². The Morgan fingerprint density at radius 1 is 1.00 bits per heavy atom. The zero-order valence-corrected chi connectivity index (χ0v) is 19.2. The SMILES string of the molecule is COC(=O)c1cc(NC(=O)c2cccc(S(=O)(=O)N(C)c3ccc(C)cc3)c2)ccc1Cl. The van der Waals surface area contributed by atoms with Crippen molar-refractivity contribution in [3.63, 3.8) is 0 Å². The average Bonchev–Trinajstić information content (AvgIpc) is 2.79. The van der Waals surface area contributed by atoms with E-state index in [1.807, 2.05) is 19.1 Å². The molecule has 0 spiro atoms. The minimum atomic E-state index is -3.89. The summed E-state index contributed by atoms with van der Waals surface area (Å²) in [6, 6.07) is 17.1. The van der Waals surface area contributed by atoms with Crippen molar-refractivity contribution in [3.05, 3.63) is 88.4 Å². The van der Waals surface area contributed by atoms with Crippen molar-refractivity contribution < 1.29 is 22.7 Å². The van der Waals surface area contributed by atoms with E-state index in [1.54, 1.807) is 12.1 Å². The van der Waals surface area contributed by atoms with Crippen LogP contribution in [0.2, 0.25) is 5.02 Å². The molecule has 3 rings (SSSR count). The van der Waals surface area contributed by atoms with Crippen LogP contribution in [0.25, 0.3) is 0 Å². The maximum Gasteiger partial charge on any atom is 0.339 e. The number of anilines is 2. The number of rotatable bonds is 6. The zero-order chi connectivity index (χ0) is 23.5. The van der Waals surface area contributed by atoms with E-state index < -0.39 is 21.9 Å². The highest BCUT2D eigenvalue weighted by atomic mass is 35.5. The highest BCUT2D eigenvalue weighted by molar-refractivity contribution is 7.92. The van der Waals surface area contributed by atoms with Crippen LogP contribution >= 0.6 is 11.6 Å². The van der Waals surface area contributed by atoms with Crippen LogP contribution in [0, 0.1) is 6.92 Å². The summed E-state index contributed by atoms with van der Waals surface area (Å²) in [5, 5.41) is 2.82. The van der Waals surface area contributed by atoms with Crippen molar-refractivity contribution in [3.8, 4) is 0 Å². The molecule has 3 aromatic carbocycles. The van der Waals surface area contributed by atoms with E-state index in [-0.39, 0.29) is 21.0 Å². The molecular formula is C23H21ClN2O5S. The first-order valence-corrected chi connectivity index (χ1v) is 11.3. The third-order valence-corrected chi connectivity index (χ3v) is 6.89. The smallest absolute Gasteiger partial charge is 0.339 e. The number of sulfonamides is 1. The summed E-state index contributed by atoms with van der Waals surface area (Å²) in [5.41, 5.74) is 2.06. The number of methoxy groups -OCH3 is 1. The normalized spacial score (nSPS) is 11.0. The number of nitrogens with one attached hydrogen (secondary N) is 1. The van der Waals surface area contributed by atoms with Crippen molar-refractivity contribution >= 4 is 44.9 Å². The largest absolute Gasteiger partial charge is 0.465 e. The van der Waals surface area contributed by atoms with E-state index in [4.69, 9.17) is 11.6 Å². The van der Waals surface area contributed by atoms with Gasteiger partial charge in [0, 0.05) is 18.3 Å². The Labute approximate surface area is 191 Å². The summed E-state index contributed by atoms with van der Waals surface area (Å²) >= 11 is 6.00. The fourth-order valence-corrected chi connectivity index (χ4v) is 4.36. The van der Waals surface area contributed by atoms with Crippen molar-refractivity contribution in [2.45, 2.75) is 11.8 Å². The van der Waals surface area contributed by atoms with E-state index >= 15 is 0 Å². The molecule has 0 unspecified atom stereocenters. The van der Waals surface area contributed by atoms with Gasteiger partial charge in [-0.3, -0.25) is 9.10 Å². The molecule has 0 saturated carbocycles. The van der Waals surface area contributed by atoms with Gasteiger partial charge in [0.15, 0.2) is 0 Å². The van der Waals surface area contributed by atoms with Crippen LogP contribution in [0.15, 0.2) is 71.6 Å². The van der Waals surface area contributed by atoms with Gasteiger partial charge in [0.05, 0.1) is 28.3 Å². The summed E-state index contributed by atoms with van der Waals surface area (Å²) in [6.07, 6.45) is 0. The molecular weight excluding hydrogens is 452 g/mol. The molecule has 0 aliphatic carbocycles. The van der Waals surface area contributed by atoms with Crippen LogP contribution in [0.3, 0.4) is 0 Å². The quantitative estimate of drug-likeness (QED) is 0.533. The number of aryl methyl sites for hydroxylation is 1. The number of ether oxygens (including phenoxy) is 1. The summed E-state index contributed by atoms with van der Waals surface area (Å²) in [7, 11) is -1.21. The molecule has 9 heteroatoms. The van der Waals surface area contributed by atoms with Gasteiger partial charge in [0.1, 0.15) is 0 Å². The monoisotopic (exact) mass is 472 g/mol. The van der Waals surface area contributed by atoms with E-state index in [0.717, 1.165) is 9.87 Å². The average molecular weight is 473 g/mol. The molecule has 1 amide bonds. The fourth-order valence-electron chi connectivity index (χ4n) is 2.92. The highest BCUT2D eigenvalue weighted by Crippen LogP contribution is 2.24. The maximum atomic E-state index is 13.1. The number of hydrogen-bond acceptors (Lipinski definition) is 5. The van der Waals surface area contributed by atoms with Gasteiger partial charge in [-0.1, -0.05) is 35.4 Å². The number of esters is 1. The third kappa shape index (κ3) is 4.92. The van der Waals surface area contributed by atoms with E-state index in [2.05, 4.69) is 10.1 Å². The molecule has 0 atom stereocenters. The van der Waals surface area contributed by atoms with Gasteiger partial charge in [-0.15, -0.1) is 0 Å². The van der Waals surface area contributed by atoms with Gasteiger partial charge < -0.3 is 10.1 Å². The molecule has 0 aliphatic heterocycles. The Morgan fingerprint density at radius 2 is 1.69 bits per heavy atom. The summed E-state index contributed by atoms with van der Waals surface area (Å²) in [6.45, 7) is 1.91. The molecule has 0 aromatic heterocycles. The van der Waals surface area contributed by atoms with Crippen LogP contribution in [0.5, 0.6) is 0 Å². The van der Waals surface area contributed by atoms with Crippen LogP contribution < -0.4 is 9.62 Å². The van der Waals surface area contributed by atoms with Gasteiger partial charge in [0.25, 0.3) is 15.9 Å². The minimum absolute atomic E-state index is 0.0282. The number of carbonyl (C=O) groups is 2. The molecule has 3 aromatic rings. The predicted molar refractivity (Wildman–Crippen MR) is 124 cm³/mol. The van der Waals surface area contributed by atoms with Gasteiger partial charge in [-0.05, 0) is 55.5 Å². The van der Waals surface area contributed by atoms with Crippen LogP contribution in [0.4, 0.5) is 11.4 Å². The van der Waals surface area contributed by atoms with E-state index in [1.165, 1.54) is 56.6 Å². The summed E-state index contributed by atoms with van der Waals surface area (Å²) in [5.74, 6) is -1.18. The number of amides is 1. The number of benzene rings is 3. The molecule has 0 aliphatic rings. The Kier molecular flexibility index (Phi) is 6.86. The lowest BCUT2D eigenvalue weighted by Gasteiger charge is -2.20. The van der Waals surface area contributed by atoms with Crippen molar-refractivity contribution in [2.75, 3.05) is 23.8 Å². The van der Waals surface area contributed by atoms with Gasteiger partial charge in [-0.2, -0.15) is 0 Å². The number of carbonyl (C=O) groups excluding carboxylic acids is 2. The third-order valence-electron chi connectivity index (χ3n) is 4.78. The Bertz CT molecular complexity index is 1270. The highest BCUT2D eigenvalue weighted by Gasteiger charge is 2.22. The first-order chi connectivity index (χ1) is 15.1. The number of nitrogens with zero attached hydrogens (tertiary/aromatic N) is 1. The Hall–Kier alpha value is -3.36. The molecule has 32 heavy (non-hydrogen) atoms. The van der Waals surface area contributed by atoms with Crippen LogP contribution in [-0.2, 0) is 14.8 Å². The first kappa shape index (κ1) is 23.3. The number of halogens is 1. The van der Waals surface area contributed by atoms with Crippen molar-refractivity contribution in [1.29, 1.82) is 0 Å². The molecule has 166 valence electrons. The van der Waals surface area contributed by atoms with Gasteiger partial charge in [-0.25, -0.2) is 13.2 Å². The second-order valence-corrected chi connectivity index (χ2v) is 9.35. The molecule has 0 heterocycles. The molecule has 1 N–H and O–H groups in total. The van der Waals surface area contributed by atoms with Gasteiger partial charge >= 0.3 is 5.97 Å². The standard InChI is InChI=1S/C23H21ClN2O5S/c1-15-7-10-18(11-8-15)26(2)32(29,30)19-6-4-5-16(13-19)22(27)25-17-9-12-21(24)20(14-17)23(28)31-3/h4-14H,1-3H3,(H,25,27).